The number of hydrogen-bond donors (Lipinski definition) is 3. The Morgan fingerprint density at radius 1 is 0.885 bits per heavy atom. The molecule has 2 rings (SSSR count). The van der Waals surface area contributed by atoms with Crippen LogP contribution in [0.2, 0.25) is 0 Å². The zero-order chi connectivity index (χ0) is 18.9. The van der Waals surface area contributed by atoms with Crippen molar-refractivity contribution in [3.05, 3.63) is 70.8 Å². The molecule has 0 saturated heterocycles. The molecule has 3 N–H and O–H groups in total. The van der Waals surface area contributed by atoms with Gasteiger partial charge in [-0.15, -0.1) is 0 Å². The number of carbonyl (C=O) groups is 3. The molecular formula is C20H23N3O3. The van der Waals surface area contributed by atoms with Gasteiger partial charge in [-0.05, 0) is 36.2 Å². The fourth-order valence-corrected chi connectivity index (χ4v) is 2.42. The number of amides is 3. The third-order valence-corrected chi connectivity index (χ3v) is 3.96. The van der Waals surface area contributed by atoms with E-state index < -0.39 is 0 Å². The third-order valence-electron chi connectivity index (χ3n) is 3.96. The first-order chi connectivity index (χ1) is 12.5. The number of rotatable bonds is 7. The molecule has 0 bridgehead atoms. The summed E-state index contributed by atoms with van der Waals surface area (Å²) in [6, 6.07) is 14.3. The van der Waals surface area contributed by atoms with Crippen molar-refractivity contribution < 1.29 is 14.4 Å². The molecule has 2 aromatic rings. The average Bonchev–Trinajstić information content (AvgIpc) is 2.66. The molecule has 6 heteroatoms. The Balaban J connectivity index is 1.73. The summed E-state index contributed by atoms with van der Waals surface area (Å²) in [7, 11) is 1.58. The molecule has 0 heterocycles. The lowest BCUT2D eigenvalue weighted by atomic mass is 10.1. The fourth-order valence-electron chi connectivity index (χ4n) is 2.42. The van der Waals surface area contributed by atoms with Gasteiger partial charge in [-0.3, -0.25) is 14.4 Å². The van der Waals surface area contributed by atoms with Crippen molar-refractivity contribution in [1.29, 1.82) is 0 Å². The highest BCUT2D eigenvalue weighted by Gasteiger charge is 2.09. The van der Waals surface area contributed by atoms with Crippen molar-refractivity contribution in [2.75, 3.05) is 13.6 Å². The molecule has 0 unspecified atom stereocenters. The van der Waals surface area contributed by atoms with Gasteiger partial charge in [0, 0.05) is 37.7 Å². The Morgan fingerprint density at radius 3 is 2.23 bits per heavy atom. The first-order valence-corrected chi connectivity index (χ1v) is 8.43. The first kappa shape index (κ1) is 19.2. The summed E-state index contributed by atoms with van der Waals surface area (Å²) in [5.74, 6) is -0.476. The first-order valence-electron chi connectivity index (χ1n) is 8.43. The van der Waals surface area contributed by atoms with Gasteiger partial charge in [0.05, 0.1) is 0 Å². The molecule has 0 aliphatic rings. The molecule has 0 spiro atoms. The van der Waals surface area contributed by atoms with Crippen LogP contribution in [0.5, 0.6) is 0 Å². The zero-order valence-corrected chi connectivity index (χ0v) is 15.0. The standard InChI is InChI=1S/C20H23N3O3/c1-14-5-3-4-6-17(14)20(26)22-12-11-18(24)23-13-15-7-9-16(10-8-15)19(25)21-2/h3-10H,11-13H2,1-2H3,(H,21,25)(H,22,26)(H,23,24). The molecule has 3 amide bonds. The topological polar surface area (TPSA) is 87.3 Å². The van der Waals surface area contributed by atoms with Crippen LogP contribution >= 0.6 is 0 Å². The van der Waals surface area contributed by atoms with Gasteiger partial charge in [-0.1, -0.05) is 30.3 Å². The number of nitrogens with one attached hydrogen (secondary N) is 3. The van der Waals surface area contributed by atoms with E-state index in [4.69, 9.17) is 0 Å². The molecule has 0 fully saturated rings. The molecular weight excluding hydrogens is 330 g/mol. The summed E-state index contributed by atoms with van der Waals surface area (Å²) in [5.41, 5.74) is 2.98. The maximum atomic E-state index is 12.1. The van der Waals surface area contributed by atoms with Crippen molar-refractivity contribution >= 4 is 17.7 Å². The lowest BCUT2D eigenvalue weighted by Gasteiger charge is -2.08. The van der Waals surface area contributed by atoms with E-state index in [0.29, 0.717) is 17.7 Å². The summed E-state index contributed by atoms with van der Waals surface area (Å²) in [5, 5.41) is 8.10. The van der Waals surface area contributed by atoms with Gasteiger partial charge in [-0.2, -0.15) is 0 Å². The Labute approximate surface area is 153 Å². The number of benzene rings is 2. The van der Waals surface area contributed by atoms with Crippen molar-refractivity contribution in [3.8, 4) is 0 Å². The van der Waals surface area contributed by atoms with Crippen LogP contribution in [-0.4, -0.2) is 31.3 Å². The minimum absolute atomic E-state index is 0.148. The minimum Gasteiger partial charge on any atom is -0.355 e. The van der Waals surface area contributed by atoms with Crippen LogP contribution < -0.4 is 16.0 Å². The normalized spacial score (nSPS) is 10.1. The van der Waals surface area contributed by atoms with Gasteiger partial charge in [0.15, 0.2) is 0 Å². The van der Waals surface area contributed by atoms with Gasteiger partial charge >= 0.3 is 0 Å². The Hall–Kier alpha value is -3.15. The van der Waals surface area contributed by atoms with E-state index in [2.05, 4.69) is 16.0 Å². The monoisotopic (exact) mass is 353 g/mol. The van der Waals surface area contributed by atoms with E-state index in [9.17, 15) is 14.4 Å². The van der Waals surface area contributed by atoms with Gasteiger partial charge in [-0.25, -0.2) is 0 Å². The van der Waals surface area contributed by atoms with E-state index in [0.717, 1.165) is 11.1 Å². The SMILES string of the molecule is CNC(=O)c1ccc(CNC(=O)CCNC(=O)c2ccccc2C)cc1. The molecule has 6 nitrogen and oxygen atoms in total. The van der Waals surface area contributed by atoms with Crippen LogP contribution in [0.15, 0.2) is 48.5 Å². The Morgan fingerprint density at radius 2 is 1.58 bits per heavy atom. The smallest absolute Gasteiger partial charge is 0.251 e. The lowest BCUT2D eigenvalue weighted by Crippen LogP contribution is -2.30. The van der Waals surface area contributed by atoms with Gasteiger partial charge in [0.25, 0.3) is 11.8 Å². The van der Waals surface area contributed by atoms with Crippen LogP contribution in [-0.2, 0) is 11.3 Å². The molecule has 26 heavy (non-hydrogen) atoms. The van der Waals surface area contributed by atoms with Gasteiger partial charge < -0.3 is 16.0 Å². The second kappa shape index (κ2) is 9.36. The maximum absolute atomic E-state index is 12.1. The van der Waals surface area contributed by atoms with Crippen LogP contribution in [0.4, 0.5) is 0 Å². The number of aryl methyl sites for hydroxylation is 1. The van der Waals surface area contributed by atoms with E-state index in [1.54, 1.807) is 37.4 Å². The highest BCUT2D eigenvalue weighted by Crippen LogP contribution is 2.06. The van der Waals surface area contributed by atoms with E-state index in [1.165, 1.54) is 0 Å². The van der Waals surface area contributed by atoms with Gasteiger partial charge in [0.1, 0.15) is 0 Å². The maximum Gasteiger partial charge on any atom is 0.251 e. The minimum atomic E-state index is -0.180. The Bertz CT molecular complexity index is 785. The number of carbonyl (C=O) groups excluding carboxylic acids is 3. The molecule has 0 aliphatic carbocycles. The van der Waals surface area contributed by atoms with Gasteiger partial charge in [0.2, 0.25) is 5.91 Å². The van der Waals surface area contributed by atoms with Crippen LogP contribution in [0.1, 0.15) is 38.3 Å². The Kier molecular flexibility index (Phi) is 6.91. The predicted octanol–water partition coefficient (Wildman–Crippen LogP) is 1.79. The average molecular weight is 353 g/mol. The van der Waals surface area contributed by atoms with Crippen LogP contribution in [0.3, 0.4) is 0 Å². The largest absolute Gasteiger partial charge is 0.355 e. The molecule has 0 radical (unpaired) electrons. The highest BCUT2D eigenvalue weighted by atomic mass is 16.2. The number of hydrogen-bond acceptors (Lipinski definition) is 3. The van der Waals surface area contributed by atoms with E-state index in [1.807, 2.05) is 25.1 Å². The summed E-state index contributed by atoms with van der Waals surface area (Å²) in [6.45, 7) is 2.52. The molecule has 2 aromatic carbocycles. The molecule has 136 valence electrons. The van der Waals surface area contributed by atoms with Crippen LogP contribution in [0, 0.1) is 6.92 Å². The second-order valence-corrected chi connectivity index (χ2v) is 5.87. The summed E-state index contributed by atoms with van der Waals surface area (Å²) >= 11 is 0. The molecule has 0 saturated carbocycles. The summed E-state index contributed by atoms with van der Waals surface area (Å²) < 4.78 is 0. The van der Waals surface area contributed by atoms with Crippen LogP contribution in [0.25, 0.3) is 0 Å². The lowest BCUT2D eigenvalue weighted by molar-refractivity contribution is -0.121. The van der Waals surface area contributed by atoms with Crippen molar-refractivity contribution in [1.82, 2.24) is 16.0 Å². The third kappa shape index (κ3) is 5.44. The van der Waals surface area contributed by atoms with Crippen molar-refractivity contribution in [2.24, 2.45) is 0 Å². The second-order valence-electron chi connectivity index (χ2n) is 5.87. The molecule has 0 aliphatic heterocycles. The summed E-state index contributed by atoms with van der Waals surface area (Å²) in [6.07, 6.45) is 0.202. The highest BCUT2D eigenvalue weighted by molar-refractivity contribution is 5.95. The quantitative estimate of drug-likeness (QED) is 0.709. The zero-order valence-electron chi connectivity index (χ0n) is 15.0. The molecule has 0 atom stereocenters. The fraction of sp³-hybridized carbons (Fsp3) is 0.250. The van der Waals surface area contributed by atoms with Crippen molar-refractivity contribution in [3.63, 3.8) is 0 Å². The van der Waals surface area contributed by atoms with Crippen molar-refractivity contribution in [2.45, 2.75) is 19.9 Å². The molecule has 0 aromatic heterocycles. The summed E-state index contributed by atoms with van der Waals surface area (Å²) in [4.78, 5) is 35.4. The van der Waals surface area contributed by atoms with E-state index >= 15 is 0 Å². The predicted molar refractivity (Wildman–Crippen MR) is 99.8 cm³/mol. The van der Waals surface area contributed by atoms with E-state index in [-0.39, 0.29) is 30.7 Å².